The van der Waals surface area contributed by atoms with E-state index in [1.54, 1.807) is 0 Å². The number of ether oxygens (including phenoxy) is 1. The number of rotatable bonds is 7. The number of nitrogens with one attached hydrogen (secondary N) is 1. The molecule has 1 aliphatic carbocycles. The van der Waals surface area contributed by atoms with Crippen LogP contribution < -0.4 is 11.1 Å². The maximum atomic E-state index is 11.2. The number of esters is 1. The molecule has 0 spiro atoms. The van der Waals surface area contributed by atoms with E-state index in [1.165, 1.54) is 39.2 Å². The second kappa shape index (κ2) is 7.10. The zero-order valence-corrected chi connectivity index (χ0v) is 12.0. The molecular weight excluding hydrogens is 228 g/mol. The van der Waals surface area contributed by atoms with Crippen molar-refractivity contribution in [3.63, 3.8) is 0 Å². The van der Waals surface area contributed by atoms with Gasteiger partial charge in [-0.05, 0) is 30.6 Å². The minimum atomic E-state index is -0.549. The molecule has 1 unspecified atom stereocenters. The first kappa shape index (κ1) is 15.4. The SMILES string of the molecule is COC(=O)C(N)CNCC1(CC(C)C)CCCC1. The van der Waals surface area contributed by atoms with Crippen molar-refractivity contribution < 1.29 is 9.53 Å². The molecule has 1 saturated carbocycles. The number of methoxy groups -OCH3 is 1. The average molecular weight is 256 g/mol. The Morgan fingerprint density at radius 1 is 1.39 bits per heavy atom. The topological polar surface area (TPSA) is 64.3 Å². The van der Waals surface area contributed by atoms with Crippen molar-refractivity contribution in [2.45, 2.75) is 52.0 Å². The van der Waals surface area contributed by atoms with Gasteiger partial charge in [-0.3, -0.25) is 4.79 Å². The van der Waals surface area contributed by atoms with E-state index >= 15 is 0 Å². The van der Waals surface area contributed by atoms with E-state index in [-0.39, 0.29) is 5.97 Å². The largest absolute Gasteiger partial charge is 0.468 e. The highest BCUT2D eigenvalue weighted by atomic mass is 16.5. The summed E-state index contributed by atoms with van der Waals surface area (Å²) in [5.41, 5.74) is 6.14. The zero-order chi connectivity index (χ0) is 13.6. The average Bonchev–Trinajstić information content (AvgIpc) is 2.75. The fourth-order valence-corrected chi connectivity index (χ4v) is 3.17. The highest BCUT2D eigenvalue weighted by Crippen LogP contribution is 2.42. The number of hydrogen-bond donors (Lipinski definition) is 2. The molecule has 0 aromatic heterocycles. The summed E-state index contributed by atoms with van der Waals surface area (Å²) in [6, 6.07) is -0.549. The monoisotopic (exact) mass is 256 g/mol. The van der Waals surface area contributed by atoms with Gasteiger partial charge in [-0.1, -0.05) is 26.7 Å². The van der Waals surface area contributed by atoms with E-state index in [1.807, 2.05) is 0 Å². The minimum Gasteiger partial charge on any atom is -0.468 e. The highest BCUT2D eigenvalue weighted by molar-refractivity contribution is 5.75. The van der Waals surface area contributed by atoms with Gasteiger partial charge in [-0.2, -0.15) is 0 Å². The molecule has 3 N–H and O–H groups in total. The van der Waals surface area contributed by atoms with E-state index in [4.69, 9.17) is 5.73 Å². The number of hydrogen-bond acceptors (Lipinski definition) is 4. The normalized spacial score (nSPS) is 20.1. The Hall–Kier alpha value is -0.610. The van der Waals surface area contributed by atoms with Crippen LogP contribution in [-0.2, 0) is 9.53 Å². The fourth-order valence-electron chi connectivity index (χ4n) is 3.17. The van der Waals surface area contributed by atoms with Crippen molar-refractivity contribution in [3.8, 4) is 0 Å². The van der Waals surface area contributed by atoms with Crippen molar-refractivity contribution in [1.82, 2.24) is 5.32 Å². The van der Waals surface area contributed by atoms with Crippen molar-refractivity contribution in [2.75, 3.05) is 20.2 Å². The standard InChI is InChI=1S/C14H28N2O2/c1-11(2)8-14(6-4-5-7-14)10-16-9-12(15)13(17)18-3/h11-12,16H,4-10,15H2,1-3H3. The van der Waals surface area contributed by atoms with Crippen molar-refractivity contribution >= 4 is 5.97 Å². The summed E-state index contributed by atoms with van der Waals surface area (Å²) < 4.78 is 4.62. The minimum absolute atomic E-state index is 0.341. The lowest BCUT2D eigenvalue weighted by Crippen LogP contribution is -2.44. The molecule has 0 heterocycles. The molecule has 106 valence electrons. The van der Waals surface area contributed by atoms with Crippen molar-refractivity contribution in [1.29, 1.82) is 0 Å². The summed E-state index contributed by atoms with van der Waals surface area (Å²) in [7, 11) is 1.37. The summed E-state index contributed by atoms with van der Waals surface area (Å²) in [5.74, 6) is 0.381. The molecule has 18 heavy (non-hydrogen) atoms. The Morgan fingerprint density at radius 3 is 2.50 bits per heavy atom. The van der Waals surface area contributed by atoms with Crippen LogP contribution in [0.4, 0.5) is 0 Å². The molecule has 1 atom stereocenters. The second-order valence-electron chi connectivity index (χ2n) is 6.07. The third kappa shape index (κ3) is 4.58. The van der Waals surface area contributed by atoms with Gasteiger partial charge in [0, 0.05) is 13.1 Å². The molecule has 0 saturated heterocycles. The van der Waals surface area contributed by atoms with E-state index < -0.39 is 6.04 Å². The first-order chi connectivity index (χ1) is 8.49. The lowest BCUT2D eigenvalue weighted by Gasteiger charge is -2.31. The predicted molar refractivity (Wildman–Crippen MR) is 73.2 cm³/mol. The van der Waals surface area contributed by atoms with E-state index in [9.17, 15) is 4.79 Å². The van der Waals surface area contributed by atoms with Gasteiger partial charge in [0.05, 0.1) is 7.11 Å². The van der Waals surface area contributed by atoms with Crippen molar-refractivity contribution in [2.24, 2.45) is 17.1 Å². The quantitative estimate of drug-likeness (QED) is 0.680. The number of carbonyl (C=O) groups excluding carboxylic acids is 1. The molecule has 0 aromatic rings. The first-order valence-electron chi connectivity index (χ1n) is 7.03. The number of carbonyl (C=O) groups is 1. The molecule has 4 heteroatoms. The molecule has 0 radical (unpaired) electrons. The Morgan fingerprint density at radius 2 is 2.00 bits per heavy atom. The van der Waals surface area contributed by atoms with Gasteiger partial charge < -0.3 is 15.8 Å². The Kier molecular flexibility index (Phi) is 6.09. The van der Waals surface area contributed by atoms with E-state index in [0.29, 0.717) is 12.0 Å². The van der Waals surface area contributed by atoms with Crippen LogP contribution in [0.25, 0.3) is 0 Å². The maximum Gasteiger partial charge on any atom is 0.323 e. The van der Waals surface area contributed by atoms with E-state index in [2.05, 4.69) is 23.9 Å². The van der Waals surface area contributed by atoms with Gasteiger partial charge in [0.25, 0.3) is 0 Å². The van der Waals surface area contributed by atoms with Gasteiger partial charge in [0.2, 0.25) is 0 Å². The summed E-state index contributed by atoms with van der Waals surface area (Å²) in [6.07, 6.45) is 6.51. The van der Waals surface area contributed by atoms with Crippen LogP contribution in [-0.4, -0.2) is 32.2 Å². The van der Waals surface area contributed by atoms with E-state index in [0.717, 1.165) is 12.5 Å². The molecule has 1 fully saturated rings. The van der Waals surface area contributed by atoms with Crippen LogP contribution in [0.1, 0.15) is 46.0 Å². The lowest BCUT2D eigenvalue weighted by atomic mass is 9.78. The second-order valence-corrected chi connectivity index (χ2v) is 6.07. The Labute approximate surface area is 111 Å². The van der Waals surface area contributed by atoms with Crippen molar-refractivity contribution in [3.05, 3.63) is 0 Å². The molecule has 0 amide bonds. The van der Waals surface area contributed by atoms with Gasteiger partial charge >= 0.3 is 5.97 Å². The predicted octanol–water partition coefficient (Wildman–Crippen LogP) is 1.68. The summed E-state index contributed by atoms with van der Waals surface area (Å²) >= 11 is 0. The third-order valence-corrected chi connectivity index (χ3v) is 3.87. The summed E-state index contributed by atoms with van der Waals surface area (Å²) in [5, 5.41) is 3.36. The highest BCUT2D eigenvalue weighted by Gasteiger charge is 2.34. The van der Waals surface area contributed by atoms with Crippen LogP contribution in [0.3, 0.4) is 0 Å². The molecule has 4 nitrogen and oxygen atoms in total. The van der Waals surface area contributed by atoms with Crippen LogP contribution in [0.5, 0.6) is 0 Å². The molecule has 1 aliphatic rings. The Bertz CT molecular complexity index is 261. The molecular formula is C14H28N2O2. The third-order valence-electron chi connectivity index (χ3n) is 3.87. The molecule has 0 aliphatic heterocycles. The molecule has 0 aromatic carbocycles. The molecule has 0 bridgehead atoms. The lowest BCUT2D eigenvalue weighted by molar-refractivity contribution is -0.142. The first-order valence-corrected chi connectivity index (χ1v) is 7.03. The zero-order valence-electron chi connectivity index (χ0n) is 12.0. The van der Waals surface area contributed by atoms with Gasteiger partial charge in [0.15, 0.2) is 0 Å². The van der Waals surface area contributed by atoms with Gasteiger partial charge in [-0.25, -0.2) is 0 Å². The van der Waals surface area contributed by atoms with Crippen LogP contribution in [0.15, 0.2) is 0 Å². The molecule has 1 rings (SSSR count). The smallest absolute Gasteiger partial charge is 0.323 e. The fraction of sp³-hybridized carbons (Fsp3) is 0.929. The number of nitrogens with two attached hydrogens (primary N) is 1. The van der Waals surface area contributed by atoms with Gasteiger partial charge in [-0.15, -0.1) is 0 Å². The summed E-state index contributed by atoms with van der Waals surface area (Å²) in [6.45, 7) is 6.03. The van der Waals surface area contributed by atoms with Crippen LogP contribution >= 0.6 is 0 Å². The van der Waals surface area contributed by atoms with Crippen LogP contribution in [0.2, 0.25) is 0 Å². The Balaban J connectivity index is 2.36. The maximum absolute atomic E-state index is 11.2. The summed E-state index contributed by atoms with van der Waals surface area (Å²) in [4.78, 5) is 11.2. The van der Waals surface area contributed by atoms with Crippen LogP contribution in [0, 0.1) is 11.3 Å². The van der Waals surface area contributed by atoms with Gasteiger partial charge in [0.1, 0.15) is 6.04 Å².